The average molecular weight is 445 g/mol. The van der Waals surface area contributed by atoms with E-state index < -0.39 is 11.7 Å². The molecule has 1 aliphatic rings. The number of carbonyl (C=O) groups excluding carboxylic acids is 3. The summed E-state index contributed by atoms with van der Waals surface area (Å²) in [5.41, 5.74) is 0.843. The van der Waals surface area contributed by atoms with Gasteiger partial charge in [0, 0.05) is 35.7 Å². The first-order chi connectivity index (χ1) is 13.4. The largest absolute Gasteiger partial charge is 0.496 e. The number of benzene rings is 2. The number of piperazine rings is 1. The topological polar surface area (TPSA) is 66.9 Å². The molecule has 0 saturated carbocycles. The lowest BCUT2D eigenvalue weighted by Crippen LogP contribution is -2.56. The minimum Gasteiger partial charge on any atom is -0.496 e. The predicted molar refractivity (Wildman–Crippen MR) is 109 cm³/mol. The summed E-state index contributed by atoms with van der Waals surface area (Å²) in [4.78, 5) is 41.4. The fourth-order valence-corrected chi connectivity index (χ4v) is 3.65. The summed E-state index contributed by atoms with van der Waals surface area (Å²) in [5, 5.41) is 0. The van der Waals surface area contributed by atoms with E-state index in [-0.39, 0.29) is 17.5 Å². The highest BCUT2D eigenvalue weighted by Crippen LogP contribution is 2.25. The maximum Gasteiger partial charge on any atom is 0.295 e. The molecule has 2 aromatic rings. The first kappa shape index (κ1) is 20.1. The molecule has 0 unspecified atom stereocenters. The predicted octanol–water partition coefficient (Wildman–Crippen LogP) is 3.01. The molecule has 1 atom stereocenters. The van der Waals surface area contributed by atoms with Gasteiger partial charge in [-0.05, 0) is 37.3 Å². The minimum absolute atomic E-state index is 0.0690. The summed E-state index contributed by atoms with van der Waals surface area (Å²) in [5.74, 6) is -0.919. The Labute approximate surface area is 172 Å². The Balaban J connectivity index is 1.71. The zero-order chi connectivity index (χ0) is 20.3. The van der Waals surface area contributed by atoms with Gasteiger partial charge in [-0.15, -0.1) is 0 Å². The highest BCUT2D eigenvalue weighted by molar-refractivity contribution is 9.10. The van der Waals surface area contributed by atoms with Crippen molar-refractivity contribution in [2.45, 2.75) is 13.0 Å². The van der Waals surface area contributed by atoms with E-state index in [1.165, 1.54) is 12.0 Å². The second kappa shape index (κ2) is 8.56. The summed E-state index contributed by atoms with van der Waals surface area (Å²) in [7, 11) is 1.46. The van der Waals surface area contributed by atoms with Gasteiger partial charge in [0.15, 0.2) is 0 Å². The van der Waals surface area contributed by atoms with E-state index >= 15 is 0 Å². The van der Waals surface area contributed by atoms with Crippen LogP contribution in [-0.4, -0.2) is 60.2 Å². The molecular formula is C21H21BrN2O4. The van der Waals surface area contributed by atoms with E-state index in [1.807, 2.05) is 25.1 Å². The van der Waals surface area contributed by atoms with Gasteiger partial charge < -0.3 is 14.5 Å². The Morgan fingerprint density at radius 2 is 1.79 bits per heavy atom. The summed E-state index contributed by atoms with van der Waals surface area (Å²) in [6.45, 7) is 2.91. The molecule has 3 rings (SSSR count). The zero-order valence-electron chi connectivity index (χ0n) is 15.7. The van der Waals surface area contributed by atoms with Crippen LogP contribution in [0, 0.1) is 0 Å². The molecule has 0 N–H and O–H groups in total. The summed E-state index contributed by atoms with van der Waals surface area (Å²) in [6.07, 6.45) is 0. The number of ketones is 1. The molecule has 6 nitrogen and oxygen atoms in total. The zero-order valence-corrected chi connectivity index (χ0v) is 17.3. The Bertz CT molecular complexity index is 901. The monoisotopic (exact) mass is 444 g/mol. The molecule has 2 amide bonds. The molecule has 1 aliphatic heterocycles. The maximum atomic E-state index is 12.8. The van der Waals surface area contributed by atoms with E-state index in [2.05, 4.69) is 15.9 Å². The van der Waals surface area contributed by atoms with Crippen LogP contribution in [0.1, 0.15) is 27.6 Å². The second-order valence-electron chi connectivity index (χ2n) is 6.64. The van der Waals surface area contributed by atoms with Crippen LogP contribution in [0.25, 0.3) is 0 Å². The number of Topliss-reactive ketones (excluding diaryl/α,β-unsaturated/α-hetero) is 1. The maximum absolute atomic E-state index is 12.8. The van der Waals surface area contributed by atoms with Crippen LogP contribution in [0.3, 0.4) is 0 Å². The van der Waals surface area contributed by atoms with E-state index in [0.717, 1.165) is 4.47 Å². The van der Waals surface area contributed by atoms with Gasteiger partial charge in [-0.3, -0.25) is 14.4 Å². The summed E-state index contributed by atoms with van der Waals surface area (Å²) in [6, 6.07) is 13.7. The van der Waals surface area contributed by atoms with Gasteiger partial charge >= 0.3 is 0 Å². The molecular weight excluding hydrogens is 424 g/mol. The van der Waals surface area contributed by atoms with Crippen molar-refractivity contribution in [1.29, 1.82) is 0 Å². The van der Waals surface area contributed by atoms with E-state index in [4.69, 9.17) is 4.74 Å². The number of hydrogen-bond acceptors (Lipinski definition) is 4. The Morgan fingerprint density at radius 3 is 2.43 bits per heavy atom. The molecule has 28 heavy (non-hydrogen) atoms. The molecule has 2 aromatic carbocycles. The van der Waals surface area contributed by atoms with Crippen LogP contribution in [0.2, 0.25) is 0 Å². The van der Waals surface area contributed by atoms with Crippen molar-refractivity contribution >= 4 is 33.5 Å². The van der Waals surface area contributed by atoms with Crippen LogP contribution in [0.15, 0.2) is 53.0 Å². The van der Waals surface area contributed by atoms with E-state index in [1.54, 1.807) is 35.2 Å². The average Bonchev–Trinajstić information content (AvgIpc) is 2.72. The summed E-state index contributed by atoms with van der Waals surface area (Å²) < 4.78 is 5.99. The van der Waals surface area contributed by atoms with Crippen LogP contribution in [-0.2, 0) is 4.79 Å². The number of hydrogen-bond donors (Lipinski definition) is 0. The number of nitrogens with zero attached hydrogens (tertiary/aromatic N) is 2. The van der Waals surface area contributed by atoms with Gasteiger partial charge in [0.1, 0.15) is 5.75 Å². The van der Waals surface area contributed by atoms with Gasteiger partial charge in [0.25, 0.3) is 17.6 Å². The molecule has 7 heteroatoms. The number of rotatable bonds is 4. The number of methoxy groups -OCH3 is 1. The van der Waals surface area contributed by atoms with E-state index in [0.29, 0.717) is 30.9 Å². The number of amides is 2. The quantitative estimate of drug-likeness (QED) is 0.536. The van der Waals surface area contributed by atoms with Gasteiger partial charge in [-0.25, -0.2) is 0 Å². The lowest BCUT2D eigenvalue weighted by atomic mass is 10.1. The van der Waals surface area contributed by atoms with E-state index in [9.17, 15) is 14.4 Å². The normalized spacial score (nSPS) is 16.6. The van der Waals surface area contributed by atoms with Crippen molar-refractivity contribution < 1.29 is 19.1 Å². The van der Waals surface area contributed by atoms with Gasteiger partial charge in [-0.2, -0.15) is 0 Å². The molecule has 1 heterocycles. The standard InChI is InChI=1S/C21H21BrN2O4/c1-14-13-23(20(26)15-6-4-3-5-7-15)10-11-24(14)21(27)19(25)17-9-8-16(22)12-18(17)28-2/h3-9,12,14H,10-11,13H2,1-2H3/t14-/m1/s1. The minimum atomic E-state index is -0.612. The highest BCUT2D eigenvalue weighted by Gasteiger charge is 2.34. The SMILES string of the molecule is COc1cc(Br)ccc1C(=O)C(=O)N1CCN(C(=O)c2ccccc2)C[C@H]1C. The third-order valence-electron chi connectivity index (χ3n) is 4.80. The Kier molecular flexibility index (Phi) is 6.14. The number of halogens is 1. The van der Waals surface area contributed by atoms with Crippen molar-refractivity contribution in [3.05, 3.63) is 64.1 Å². The van der Waals surface area contributed by atoms with Crippen molar-refractivity contribution in [2.75, 3.05) is 26.7 Å². The first-order valence-corrected chi connectivity index (χ1v) is 9.75. The lowest BCUT2D eigenvalue weighted by molar-refractivity contribution is -0.130. The first-order valence-electron chi connectivity index (χ1n) is 8.95. The molecule has 146 valence electrons. The van der Waals surface area contributed by atoms with Crippen LogP contribution in [0.4, 0.5) is 0 Å². The van der Waals surface area contributed by atoms with Gasteiger partial charge in [-0.1, -0.05) is 34.1 Å². The molecule has 0 bridgehead atoms. The van der Waals surface area contributed by atoms with Crippen LogP contribution < -0.4 is 4.74 Å². The summed E-state index contributed by atoms with van der Waals surface area (Å²) >= 11 is 3.32. The molecule has 0 radical (unpaired) electrons. The fraction of sp³-hybridized carbons (Fsp3) is 0.286. The Hall–Kier alpha value is -2.67. The number of carbonyl (C=O) groups is 3. The molecule has 1 fully saturated rings. The Morgan fingerprint density at radius 1 is 1.07 bits per heavy atom. The third-order valence-corrected chi connectivity index (χ3v) is 5.29. The second-order valence-corrected chi connectivity index (χ2v) is 7.55. The molecule has 0 spiro atoms. The number of ether oxygens (including phenoxy) is 1. The molecule has 0 aromatic heterocycles. The van der Waals surface area contributed by atoms with Crippen molar-refractivity contribution in [3.8, 4) is 5.75 Å². The molecule has 0 aliphatic carbocycles. The van der Waals surface area contributed by atoms with Crippen LogP contribution in [0.5, 0.6) is 5.75 Å². The third kappa shape index (κ3) is 4.09. The van der Waals surface area contributed by atoms with Gasteiger partial charge in [0.2, 0.25) is 0 Å². The smallest absolute Gasteiger partial charge is 0.295 e. The lowest BCUT2D eigenvalue weighted by Gasteiger charge is -2.39. The fourth-order valence-electron chi connectivity index (χ4n) is 3.31. The van der Waals surface area contributed by atoms with Crippen molar-refractivity contribution in [2.24, 2.45) is 0 Å². The van der Waals surface area contributed by atoms with Crippen LogP contribution >= 0.6 is 15.9 Å². The molecule has 1 saturated heterocycles. The van der Waals surface area contributed by atoms with Gasteiger partial charge in [0.05, 0.1) is 12.7 Å². The highest BCUT2D eigenvalue weighted by atomic mass is 79.9. The van der Waals surface area contributed by atoms with Crippen molar-refractivity contribution in [1.82, 2.24) is 9.80 Å². The van der Waals surface area contributed by atoms with Crippen molar-refractivity contribution in [3.63, 3.8) is 0 Å².